The minimum Gasteiger partial charge on any atom is -0.449 e. The Labute approximate surface area is 127 Å². The first-order valence-electron chi connectivity index (χ1n) is 6.71. The molecule has 0 aliphatic carbocycles. The Balaban J connectivity index is 1.88. The van der Waals surface area contributed by atoms with Gasteiger partial charge in [-0.05, 0) is 38.1 Å². The molecule has 0 fully saturated rings. The van der Waals surface area contributed by atoms with Gasteiger partial charge in [-0.1, -0.05) is 30.3 Å². The van der Waals surface area contributed by atoms with Gasteiger partial charge in [0.25, 0.3) is 0 Å². The molecule has 1 heterocycles. The van der Waals surface area contributed by atoms with Crippen LogP contribution in [0.2, 0.25) is 0 Å². The van der Waals surface area contributed by atoms with E-state index in [-0.39, 0.29) is 5.97 Å². The SMILES string of the molecule is CC(C)(OC(=O)c1ccccc1)c1nc2ccccc2s1. The van der Waals surface area contributed by atoms with Crippen LogP contribution in [0.5, 0.6) is 0 Å². The number of benzene rings is 2. The van der Waals surface area contributed by atoms with Crippen LogP contribution < -0.4 is 0 Å². The van der Waals surface area contributed by atoms with E-state index in [2.05, 4.69) is 4.98 Å². The van der Waals surface area contributed by atoms with Crippen molar-refractivity contribution in [2.75, 3.05) is 0 Å². The van der Waals surface area contributed by atoms with Gasteiger partial charge in [-0.2, -0.15) is 0 Å². The Hall–Kier alpha value is -2.20. The molecule has 0 saturated carbocycles. The molecule has 0 unspecified atom stereocenters. The van der Waals surface area contributed by atoms with E-state index in [4.69, 9.17) is 4.74 Å². The number of hydrogen-bond acceptors (Lipinski definition) is 4. The van der Waals surface area contributed by atoms with Crippen LogP contribution in [-0.2, 0) is 10.3 Å². The minimum atomic E-state index is -0.753. The number of para-hydroxylation sites is 1. The lowest BCUT2D eigenvalue weighted by Crippen LogP contribution is -2.25. The van der Waals surface area contributed by atoms with Gasteiger partial charge in [0, 0.05) is 0 Å². The summed E-state index contributed by atoms with van der Waals surface area (Å²) in [6.45, 7) is 3.73. The molecule has 0 radical (unpaired) electrons. The zero-order valence-electron chi connectivity index (χ0n) is 11.9. The van der Waals surface area contributed by atoms with Crippen LogP contribution in [0.4, 0.5) is 0 Å². The summed E-state index contributed by atoms with van der Waals surface area (Å²) in [4.78, 5) is 16.8. The Bertz CT molecular complexity index is 745. The molecule has 0 N–H and O–H groups in total. The molecule has 3 nitrogen and oxygen atoms in total. The largest absolute Gasteiger partial charge is 0.449 e. The molecule has 3 rings (SSSR count). The van der Waals surface area contributed by atoms with Gasteiger partial charge in [0.05, 0.1) is 15.8 Å². The molecular formula is C17H15NO2S. The van der Waals surface area contributed by atoms with Crippen LogP contribution in [0.15, 0.2) is 54.6 Å². The van der Waals surface area contributed by atoms with Crippen LogP contribution >= 0.6 is 11.3 Å². The summed E-state index contributed by atoms with van der Waals surface area (Å²) in [6, 6.07) is 16.9. The summed E-state index contributed by atoms with van der Waals surface area (Å²) in [5.74, 6) is -0.333. The molecule has 4 heteroatoms. The van der Waals surface area contributed by atoms with Gasteiger partial charge in [-0.3, -0.25) is 0 Å². The van der Waals surface area contributed by atoms with E-state index in [0.29, 0.717) is 5.56 Å². The summed E-state index contributed by atoms with van der Waals surface area (Å²) in [6.07, 6.45) is 0. The quantitative estimate of drug-likeness (QED) is 0.673. The molecule has 0 spiro atoms. The first kappa shape index (κ1) is 13.8. The van der Waals surface area contributed by atoms with Gasteiger partial charge in [-0.25, -0.2) is 9.78 Å². The van der Waals surface area contributed by atoms with E-state index < -0.39 is 5.60 Å². The van der Waals surface area contributed by atoms with E-state index in [1.165, 1.54) is 0 Å². The zero-order valence-corrected chi connectivity index (χ0v) is 12.7. The first-order valence-corrected chi connectivity index (χ1v) is 7.52. The van der Waals surface area contributed by atoms with Crippen molar-refractivity contribution in [3.63, 3.8) is 0 Å². The molecular weight excluding hydrogens is 282 g/mol. The van der Waals surface area contributed by atoms with Crippen molar-refractivity contribution in [2.24, 2.45) is 0 Å². The molecule has 2 aromatic carbocycles. The Morgan fingerprint density at radius 2 is 1.71 bits per heavy atom. The lowest BCUT2D eigenvalue weighted by atomic mass is 10.1. The van der Waals surface area contributed by atoms with E-state index in [0.717, 1.165) is 15.2 Å². The third-order valence-corrected chi connectivity index (χ3v) is 4.51. The highest BCUT2D eigenvalue weighted by molar-refractivity contribution is 7.18. The van der Waals surface area contributed by atoms with E-state index in [9.17, 15) is 4.79 Å². The first-order chi connectivity index (χ1) is 10.1. The average Bonchev–Trinajstić information content (AvgIpc) is 2.92. The number of ether oxygens (including phenoxy) is 1. The highest BCUT2D eigenvalue weighted by atomic mass is 32.1. The number of aromatic nitrogens is 1. The van der Waals surface area contributed by atoms with Crippen molar-refractivity contribution in [1.82, 2.24) is 4.98 Å². The molecule has 106 valence electrons. The van der Waals surface area contributed by atoms with Crippen molar-refractivity contribution in [3.05, 3.63) is 65.2 Å². The second kappa shape index (κ2) is 5.30. The van der Waals surface area contributed by atoms with Gasteiger partial charge in [0.2, 0.25) is 0 Å². The van der Waals surface area contributed by atoms with Crippen LogP contribution in [0, 0.1) is 0 Å². The molecule has 1 aromatic heterocycles. The number of nitrogens with zero attached hydrogens (tertiary/aromatic N) is 1. The van der Waals surface area contributed by atoms with Gasteiger partial charge in [0.1, 0.15) is 5.01 Å². The Morgan fingerprint density at radius 1 is 1.05 bits per heavy atom. The third kappa shape index (κ3) is 2.81. The molecule has 21 heavy (non-hydrogen) atoms. The minimum absolute atomic E-state index is 0.333. The lowest BCUT2D eigenvalue weighted by Gasteiger charge is -2.22. The number of carbonyl (C=O) groups excluding carboxylic acids is 1. The van der Waals surface area contributed by atoms with Crippen molar-refractivity contribution < 1.29 is 9.53 Å². The smallest absolute Gasteiger partial charge is 0.339 e. The molecule has 0 saturated heterocycles. The maximum absolute atomic E-state index is 12.2. The molecule has 0 aliphatic rings. The highest BCUT2D eigenvalue weighted by Crippen LogP contribution is 2.32. The third-order valence-electron chi connectivity index (χ3n) is 3.17. The lowest BCUT2D eigenvalue weighted by molar-refractivity contribution is -0.00313. The maximum Gasteiger partial charge on any atom is 0.339 e. The van der Waals surface area contributed by atoms with Crippen LogP contribution in [-0.4, -0.2) is 11.0 Å². The standard InChI is InChI=1S/C17H15NO2S/c1-17(2,20-15(19)12-8-4-3-5-9-12)16-18-13-10-6-7-11-14(13)21-16/h3-11H,1-2H3. The number of carbonyl (C=O) groups is 1. The van der Waals surface area contributed by atoms with E-state index in [1.807, 2.05) is 56.3 Å². The van der Waals surface area contributed by atoms with E-state index in [1.54, 1.807) is 23.5 Å². The molecule has 0 aliphatic heterocycles. The van der Waals surface area contributed by atoms with Crippen molar-refractivity contribution >= 4 is 27.5 Å². The van der Waals surface area contributed by atoms with Gasteiger partial charge in [-0.15, -0.1) is 11.3 Å². The number of esters is 1. The van der Waals surface area contributed by atoms with Crippen molar-refractivity contribution in [1.29, 1.82) is 0 Å². The summed E-state index contributed by atoms with van der Waals surface area (Å²) in [5.41, 5.74) is 0.726. The monoisotopic (exact) mass is 297 g/mol. The molecule has 3 aromatic rings. The summed E-state index contributed by atoms with van der Waals surface area (Å²) in [5, 5.41) is 0.799. The van der Waals surface area contributed by atoms with Crippen LogP contribution in [0.1, 0.15) is 29.2 Å². The van der Waals surface area contributed by atoms with Gasteiger partial charge in [0.15, 0.2) is 5.60 Å². The predicted molar refractivity (Wildman–Crippen MR) is 84.5 cm³/mol. The average molecular weight is 297 g/mol. The fraction of sp³-hybridized carbons (Fsp3) is 0.176. The summed E-state index contributed by atoms with van der Waals surface area (Å²) < 4.78 is 6.74. The van der Waals surface area contributed by atoms with Crippen molar-refractivity contribution in [3.8, 4) is 0 Å². The Kier molecular flexibility index (Phi) is 3.47. The van der Waals surface area contributed by atoms with E-state index >= 15 is 0 Å². The van der Waals surface area contributed by atoms with Gasteiger partial charge >= 0.3 is 5.97 Å². The Morgan fingerprint density at radius 3 is 2.43 bits per heavy atom. The maximum atomic E-state index is 12.2. The molecule has 0 atom stereocenters. The number of thiazole rings is 1. The number of fused-ring (bicyclic) bond motifs is 1. The zero-order chi connectivity index (χ0) is 14.9. The second-order valence-corrected chi connectivity index (χ2v) is 6.28. The second-order valence-electron chi connectivity index (χ2n) is 5.25. The normalized spacial score (nSPS) is 11.5. The fourth-order valence-electron chi connectivity index (χ4n) is 2.04. The van der Waals surface area contributed by atoms with Crippen LogP contribution in [0.25, 0.3) is 10.2 Å². The topological polar surface area (TPSA) is 39.2 Å². The molecule has 0 bridgehead atoms. The van der Waals surface area contributed by atoms with Gasteiger partial charge < -0.3 is 4.74 Å². The predicted octanol–water partition coefficient (Wildman–Crippen LogP) is 4.39. The molecule has 0 amide bonds. The van der Waals surface area contributed by atoms with Crippen LogP contribution in [0.3, 0.4) is 0 Å². The highest BCUT2D eigenvalue weighted by Gasteiger charge is 2.29. The summed E-state index contributed by atoms with van der Waals surface area (Å²) in [7, 11) is 0. The fourth-order valence-corrected chi connectivity index (χ4v) is 3.04. The number of rotatable bonds is 3. The van der Waals surface area contributed by atoms with Crippen molar-refractivity contribution in [2.45, 2.75) is 19.4 Å². The number of hydrogen-bond donors (Lipinski definition) is 0. The summed E-state index contributed by atoms with van der Waals surface area (Å²) >= 11 is 1.55.